The number of fused-ring (bicyclic) bond motifs is 1. The second-order valence-corrected chi connectivity index (χ2v) is 6.73. The lowest BCUT2D eigenvalue weighted by molar-refractivity contribution is -0.139. The molecule has 0 saturated carbocycles. The van der Waals surface area contributed by atoms with Gasteiger partial charge in [-0.25, -0.2) is 4.79 Å². The Balaban J connectivity index is 1.59. The SMILES string of the molecule is O=C1NC(=O)C2CC(C(=O)NCC(O)c3ccccc3C(F)(F)F)CNC2N1. The molecular weight excluding hydrogens is 381 g/mol. The van der Waals surface area contributed by atoms with Crippen LogP contribution < -0.4 is 21.3 Å². The number of halogens is 3. The molecule has 8 nitrogen and oxygen atoms in total. The number of aliphatic hydroxyl groups excluding tert-OH is 1. The summed E-state index contributed by atoms with van der Waals surface area (Å²) < 4.78 is 39.1. The van der Waals surface area contributed by atoms with Gasteiger partial charge in [0.25, 0.3) is 0 Å². The van der Waals surface area contributed by atoms with Crippen molar-refractivity contribution in [1.82, 2.24) is 21.3 Å². The van der Waals surface area contributed by atoms with E-state index in [-0.39, 0.29) is 18.5 Å². The number of carbonyl (C=O) groups excluding carboxylic acids is 3. The van der Waals surface area contributed by atoms with Gasteiger partial charge in [-0.2, -0.15) is 13.2 Å². The van der Waals surface area contributed by atoms with Crippen LogP contribution in [-0.2, 0) is 15.8 Å². The maximum absolute atomic E-state index is 13.0. The van der Waals surface area contributed by atoms with Crippen LogP contribution in [0.5, 0.6) is 0 Å². The molecule has 28 heavy (non-hydrogen) atoms. The molecule has 4 amide bonds. The summed E-state index contributed by atoms with van der Waals surface area (Å²) in [5, 5.41) is 20.1. The van der Waals surface area contributed by atoms with E-state index in [1.165, 1.54) is 12.1 Å². The Morgan fingerprint density at radius 2 is 2.00 bits per heavy atom. The van der Waals surface area contributed by atoms with Gasteiger partial charge in [0.2, 0.25) is 11.8 Å². The number of carbonyl (C=O) groups is 3. The predicted octanol–water partition coefficient (Wildman–Crippen LogP) is 0.246. The van der Waals surface area contributed by atoms with Gasteiger partial charge in [-0.3, -0.25) is 20.2 Å². The van der Waals surface area contributed by atoms with E-state index in [0.717, 1.165) is 12.1 Å². The Labute approximate surface area is 157 Å². The molecule has 1 aromatic carbocycles. The lowest BCUT2D eigenvalue weighted by Crippen LogP contribution is -2.67. The number of imide groups is 1. The summed E-state index contributed by atoms with van der Waals surface area (Å²) in [6.45, 7) is -0.227. The highest BCUT2D eigenvalue weighted by molar-refractivity contribution is 5.98. The highest BCUT2D eigenvalue weighted by Crippen LogP contribution is 2.34. The average molecular weight is 400 g/mol. The van der Waals surface area contributed by atoms with E-state index in [1.54, 1.807) is 0 Å². The number of urea groups is 1. The van der Waals surface area contributed by atoms with Gasteiger partial charge in [-0.05, 0) is 18.1 Å². The van der Waals surface area contributed by atoms with E-state index < -0.39 is 60.2 Å². The summed E-state index contributed by atoms with van der Waals surface area (Å²) in [5.41, 5.74) is -1.29. The quantitative estimate of drug-likeness (QED) is 0.496. The van der Waals surface area contributed by atoms with Gasteiger partial charge < -0.3 is 15.7 Å². The maximum atomic E-state index is 13.0. The molecule has 4 unspecified atom stereocenters. The second-order valence-electron chi connectivity index (χ2n) is 6.73. The number of hydrogen-bond acceptors (Lipinski definition) is 5. The van der Waals surface area contributed by atoms with Crippen molar-refractivity contribution >= 4 is 17.8 Å². The lowest BCUT2D eigenvalue weighted by atomic mass is 9.85. The summed E-state index contributed by atoms with van der Waals surface area (Å²) in [4.78, 5) is 35.5. The number of hydrogen-bond donors (Lipinski definition) is 5. The Morgan fingerprint density at radius 3 is 2.71 bits per heavy atom. The fourth-order valence-corrected chi connectivity index (χ4v) is 3.43. The number of alkyl halides is 3. The van der Waals surface area contributed by atoms with Gasteiger partial charge in [0, 0.05) is 13.1 Å². The van der Waals surface area contributed by atoms with Crippen molar-refractivity contribution in [3.63, 3.8) is 0 Å². The van der Waals surface area contributed by atoms with Crippen LogP contribution >= 0.6 is 0 Å². The molecule has 2 aliphatic rings. The second kappa shape index (κ2) is 7.76. The van der Waals surface area contributed by atoms with Gasteiger partial charge >= 0.3 is 12.2 Å². The van der Waals surface area contributed by atoms with E-state index in [0.29, 0.717) is 0 Å². The Hall–Kier alpha value is -2.66. The predicted molar refractivity (Wildman–Crippen MR) is 89.5 cm³/mol. The third-order valence-electron chi connectivity index (χ3n) is 4.85. The number of aliphatic hydroxyl groups is 1. The molecule has 0 radical (unpaired) electrons. The van der Waals surface area contributed by atoms with Crippen LogP contribution in [0, 0.1) is 11.8 Å². The first-order valence-electron chi connectivity index (χ1n) is 8.63. The first-order valence-corrected chi connectivity index (χ1v) is 8.63. The minimum Gasteiger partial charge on any atom is -0.387 e. The Morgan fingerprint density at radius 1 is 1.29 bits per heavy atom. The molecule has 0 spiro atoms. The molecule has 0 aliphatic carbocycles. The van der Waals surface area contributed by atoms with Crippen LogP contribution in [0.2, 0.25) is 0 Å². The summed E-state index contributed by atoms with van der Waals surface area (Å²) in [7, 11) is 0. The third kappa shape index (κ3) is 4.25. The zero-order valence-corrected chi connectivity index (χ0v) is 14.5. The molecular formula is C17H19F3N4O4. The number of amides is 4. The molecule has 5 N–H and O–H groups in total. The van der Waals surface area contributed by atoms with Crippen molar-refractivity contribution in [2.24, 2.45) is 11.8 Å². The normalized spacial score (nSPS) is 25.9. The Kier molecular flexibility index (Phi) is 5.57. The summed E-state index contributed by atoms with van der Waals surface area (Å²) in [6.07, 6.45) is -6.58. The molecule has 152 valence electrons. The summed E-state index contributed by atoms with van der Waals surface area (Å²) in [5.74, 6) is -2.28. The van der Waals surface area contributed by atoms with Crippen LogP contribution in [-0.4, -0.2) is 42.2 Å². The van der Waals surface area contributed by atoms with Gasteiger partial charge in [0.15, 0.2) is 0 Å². The number of benzene rings is 1. The molecule has 2 heterocycles. The van der Waals surface area contributed by atoms with Crippen molar-refractivity contribution in [3.8, 4) is 0 Å². The fraction of sp³-hybridized carbons (Fsp3) is 0.471. The molecule has 2 saturated heterocycles. The van der Waals surface area contributed by atoms with Gasteiger partial charge in [-0.15, -0.1) is 0 Å². The van der Waals surface area contributed by atoms with Crippen LogP contribution in [0.3, 0.4) is 0 Å². The topological polar surface area (TPSA) is 120 Å². The van der Waals surface area contributed by atoms with Gasteiger partial charge in [-0.1, -0.05) is 18.2 Å². The first-order chi connectivity index (χ1) is 13.2. The van der Waals surface area contributed by atoms with E-state index in [4.69, 9.17) is 0 Å². The van der Waals surface area contributed by atoms with Crippen LogP contribution in [0.15, 0.2) is 24.3 Å². The summed E-state index contributed by atoms with van der Waals surface area (Å²) in [6, 6.07) is 3.99. The smallest absolute Gasteiger partial charge is 0.387 e. The minimum atomic E-state index is -4.62. The summed E-state index contributed by atoms with van der Waals surface area (Å²) >= 11 is 0. The minimum absolute atomic E-state index is 0.158. The molecule has 11 heteroatoms. The number of piperidine rings is 1. The van der Waals surface area contributed by atoms with Crippen molar-refractivity contribution < 1.29 is 32.7 Å². The molecule has 0 aromatic heterocycles. The van der Waals surface area contributed by atoms with Crippen LogP contribution in [0.25, 0.3) is 0 Å². The molecule has 0 bridgehead atoms. The zero-order chi connectivity index (χ0) is 20.5. The molecule has 2 aliphatic heterocycles. The first kappa shape index (κ1) is 20.1. The fourth-order valence-electron chi connectivity index (χ4n) is 3.43. The molecule has 3 rings (SSSR count). The van der Waals surface area contributed by atoms with Crippen molar-refractivity contribution in [3.05, 3.63) is 35.4 Å². The van der Waals surface area contributed by atoms with Crippen molar-refractivity contribution in [2.75, 3.05) is 13.1 Å². The highest BCUT2D eigenvalue weighted by Gasteiger charge is 2.42. The molecule has 2 fully saturated rings. The standard InChI is InChI=1S/C17H19F3N4O4/c18-17(19,20)11-4-2-1-3-9(11)12(25)7-22-14(26)8-5-10-13(21-6-8)23-16(28)24-15(10)27/h1-4,8,10,12-13,21,25H,5-7H2,(H,22,26)(H2,23,24,27,28). The lowest BCUT2D eigenvalue weighted by Gasteiger charge is -2.38. The number of rotatable bonds is 4. The third-order valence-corrected chi connectivity index (χ3v) is 4.85. The van der Waals surface area contributed by atoms with E-state index in [1.807, 2.05) is 0 Å². The van der Waals surface area contributed by atoms with Crippen molar-refractivity contribution in [2.45, 2.75) is 24.9 Å². The van der Waals surface area contributed by atoms with Gasteiger partial charge in [0.05, 0.1) is 29.7 Å². The molecule has 4 atom stereocenters. The van der Waals surface area contributed by atoms with E-state index in [9.17, 15) is 32.7 Å². The average Bonchev–Trinajstić information content (AvgIpc) is 2.64. The van der Waals surface area contributed by atoms with E-state index in [2.05, 4.69) is 21.3 Å². The van der Waals surface area contributed by atoms with Crippen LogP contribution in [0.1, 0.15) is 23.7 Å². The zero-order valence-electron chi connectivity index (χ0n) is 14.5. The highest BCUT2D eigenvalue weighted by atomic mass is 19.4. The maximum Gasteiger partial charge on any atom is 0.416 e. The number of nitrogens with one attached hydrogen (secondary N) is 4. The van der Waals surface area contributed by atoms with Crippen LogP contribution in [0.4, 0.5) is 18.0 Å². The van der Waals surface area contributed by atoms with Crippen molar-refractivity contribution in [1.29, 1.82) is 0 Å². The van der Waals surface area contributed by atoms with Gasteiger partial charge in [0.1, 0.15) is 0 Å². The monoisotopic (exact) mass is 400 g/mol. The Bertz CT molecular complexity index is 786. The van der Waals surface area contributed by atoms with E-state index >= 15 is 0 Å². The molecule has 1 aromatic rings. The largest absolute Gasteiger partial charge is 0.416 e.